The summed E-state index contributed by atoms with van der Waals surface area (Å²) in [5, 5.41) is 10.9. The summed E-state index contributed by atoms with van der Waals surface area (Å²) in [6, 6.07) is 10.6. The van der Waals surface area contributed by atoms with Gasteiger partial charge in [0, 0.05) is 16.6 Å². The third kappa shape index (κ3) is 2.76. The first kappa shape index (κ1) is 13.6. The van der Waals surface area contributed by atoms with E-state index in [0.717, 1.165) is 10.9 Å². The summed E-state index contributed by atoms with van der Waals surface area (Å²) in [5.74, 6) is -1.64. The van der Waals surface area contributed by atoms with E-state index < -0.39 is 11.9 Å². The van der Waals surface area contributed by atoms with Gasteiger partial charge in [0.15, 0.2) is 0 Å². The van der Waals surface area contributed by atoms with Gasteiger partial charge in [-0.05, 0) is 36.2 Å². The van der Waals surface area contributed by atoms with Gasteiger partial charge >= 0.3 is 5.97 Å². The molecule has 21 heavy (non-hydrogen) atoms. The number of carbonyl (C=O) groups is 1. The minimum absolute atomic E-state index is 0.351. The topological polar surface area (TPSA) is 63.3 Å². The normalized spacial score (nSPS) is 12.4. The Morgan fingerprint density at radius 1 is 1.24 bits per heavy atom. The first-order valence-electron chi connectivity index (χ1n) is 6.44. The molecule has 5 heteroatoms. The lowest BCUT2D eigenvalue weighted by atomic mass is 9.94. The second-order valence-electron chi connectivity index (χ2n) is 4.75. The number of furan rings is 1. The molecular formula is C16H12ClNO3. The van der Waals surface area contributed by atoms with Crippen molar-refractivity contribution in [3.63, 3.8) is 0 Å². The van der Waals surface area contributed by atoms with E-state index >= 15 is 0 Å². The largest absolute Gasteiger partial charge is 0.481 e. The van der Waals surface area contributed by atoms with Crippen LogP contribution < -0.4 is 0 Å². The number of benzene rings is 1. The van der Waals surface area contributed by atoms with E-state index in [-0.39, 0.29) is 0 Å². The molecule has 0 saturated carbocycles. The van der Waals surface area contributed by atoms with E-state index in [2.05, 4.69) is 4.98 Å². The van der Waals surface area contributed by atoms with Crippen molar-refractivity contribution in [1.29, 1.82) is 0 Å². The Labute approximate surface area is 126 Å². The second-order valence-corrected chi connectivity index (χ2v) is 5.19. The molecule has 0 bridgehead atoms. The maximum atomic E-state index is 11.6. The van der Waals surface area contributed by atoms with Crippen LogP contribution >= 0.6 is 11.6 Å². The van der Waals surface area contributed by atoms with Crippen LogP contribution in [0.4, 0.5) is 0 Å². The first-order chi connectivity index (χ1) is 10.1. The molecule has 1 atom stereocenters. The minimum atomic E-state index is -0.911. The lowest BCUT2D eigenvalue weighted by Crippen LogP contribution is -2.16. The third-order valence-electron chi connectivity index (χ3n) is 3.39. The van der Waals surface area contributed by atoms with Crippen LogP contribution in [-0.2, 0) is 11.2 Å². The van der Waals surface area contributed by atoms with Gasteiger partial charge in [0.2, 0.25) is 0 Å². The third-order valence-corrected chi connectivity index (χ3v) is 3.64. The number of aliphatic carboxylic acids is 1. The maximum absolute atomic E-state index is 11.6. The van der Waals surface area contributed by atoms with Crippen molar-refractivity contribution in [1.82, 2.24) is 4.98 Å². The molecule has 1 N–H and O–H groups in total. The number of hydrogen-bond donors (Lipinski definition) is 1. The van der Waals surface area contributed by atoms with E-state index in [9.17, 15) is 9.90 Å². The summed E-state index contributed by atoms with van der Waals surface area (Å²) in [4.78, 5) is 15.9. The average Bonchev–Trinajstić information content (AvgIpc) is 2.95. The van der Waals surface area contributed by atoms with Crippen molar-refractivity contribution in [2.75, 3.05) is 0 Å². The van der Waals surface area contributed by atoms with Crippen LogP contribution in [0.25, 0.3) is 11.0 Å². The number of pyridine rings is 1. The molecule has 0 saturated heterocycles. The zero-order valence-electron chi connectivity index (χ0n) is 11.0. The molecule has 1 aromatic carbocycles. The maximum Gasteiger partial charge on any atom is 0.312 e. The van der Waals surface area contributed by atoms with Gasteiger partial charge in [-0.15, -0.1) is 0 Å². The van der Waals surface area contributed by atoms with E-state index in [1.54, 1.807) is 30.5 Å². The van der Waals surface area contributed by atoms with Crippen LogP contribution in [-0.4, -0.2) is 16.1 Å². The predicted octanol–water partition coefficient (Wildman–Crippen LogP) is 3.89. The number of rotatable bonds is 4. The van der Waals surface area contributed by atoms with Gasteiger partial charge < -0.3 is 9.52 Å². The van der Waals surface area contributed by atoms with Gasteiger partial charge in [-0.2, -0.15) is 0 Å². The Bertz CT molecular complexity index is 780. The highest BCUT2D eigenvalue weighted by Gasteiger charge is 2.24. The van der Waals surface area contributed by atoms with Crippen molar-refractivity contribution in [2.24, 2.45) is 0 Å². The lowest BCUT2D eigenvalue weighted by molar-refractivity contribution is -0.138. The smallest absolute Gasteiger partial charge is 0.312 e. The van der Waals surface area contributed by atoms with Gasteiger partial charge in [0.1, 0.15) is 11.5 Å². The van der Waals surface area contributed by atoms with Crippen LogP contribution in [0.3, 0.4) is 0 Å². The minimum Gasteiger partial charge on any atom is -0.481 e. The number of hydrogen-bond acceptors (Lipinski definition) is 3. The molecule has 0 fully saturated rings. The van der Waals surface area contributed by atoms with Gasteiger partial charge in [-0.25, -0.2) is 0 Å². The van der Waals surface area contributed by atoms with Crippen LogP contribution in [0.15, 0.2) is 53.3 Å². The Morgan fingerprint density at radius 3 is 2.71 bits per heavy atom. The van der Waals surface area contributed by atoms with Crippen LogP contribution in [0.2, 0.25) is 5.02 Å². The molecule has 0 radical (unpaired) electrons. The van der Waals surface area contributed by atoms with Crippen molar-refractivity contribution in [2.45, 2.75) is 12.3 Å². The number of aromatic nitrogens is 1. The predicted molar refractivity (Wildman–Crippen MR) is 79.5 cm³/mol. The molecule has 3 rings (SSSR count). The van der Waals surface area contributed by atoms with Crippen LogP contribution in [0.1, 0.15) is 17.2 Å². The standard InChI is InChI=1S/C16H12ClNO3/c17-11-3-1-10(2-4-11)9-13(16(19)20)15-12-6-8-21-14(12)5-7-18-15/h1-8,13H,9H2,(H,19,20). The molecule has 0 amide bonds. The van der Waals surface area contributed by atoms with Gasteiger partial charge in [0.25, 0.3) is 0 Å². The summed E-state index contributed by atoms with van der Waals surface area (Å²) >= 11 is 5.85. The number of carboxylic acid groups (broad SMARTS) is 1. The highest BCUT2D eigenvalue weighted by atomic mass is 35.5. The zero-order chi connectivity index (χ0) is 14.8. The summed E-state index contributed by atoms with van der Waals surface area (Å²) in [5.41, 5.74) is 2.06. The molecule has 0 spiro atoms. The Hall–Kier alpha value is -2.33. The van der Waals surface area contributed by atoms with Crippen molar-refractivity contribution in [3.8, 4) is 0 Å². The van der Waals surface area contributed by atoms with Crippen LogP contribution in [0.5, 0.6) is 0 Å². The summed E-state index contributed by atoms with van der Waals surface area (Å²) in [6.07, 6.45) is 3.46. The SMILES string of the molecule is O=C(O)C(Cc1ccc(Cl)cc1)c1nccc2occc12. The molecule has 0 aliphatic rings. The molecule has 4 nitrogen and oxygen atoms in total. The van der Waals surface area contributed by atoms with Gasteiger partial charge in [-0.3, -0.25) is 9.78 Å². The molecule has 3 aromatic rings. The fraction of sp³-hybridized carbons (Fsp3) is 0.125. The summed E-state index contributed by atoms with van der Waals surface area (Å²) < 4.78 is 5.30. The van der Waals surface area contributed by atoms with E-state index in [4.69, 9.17) is 16.0 Å². The van der Waals surface area contributed by atoms with Gasteiger partial charge in [-0.1, -0.05) is 23.7 Å². The van der Waals surface area contributed by atoms with Crippen LogP contribution in [0, 0.1) is 0 Å². The zero-order valence-corrected chi connectivity index (χ0v) is 11.7. The Kier molecular flexibility index (Phi) is 3.62. The fourth-order valence-corrected chi connectivity index (χ4v) is 2.48. The Balaban J connectivity index is 2.00. The number of nitrogens with zero attached hydrogens (tertiary/aromatic N) is 1. The Morgan fingerprint density at radius 2 is 2.00 bits per heavy atom. The van der Waals surface area contributed by atoms with Gasteiger partial charge in [0.05, 0.1) is 12.0 Å². The molecule has 1 unspecified atom stereocenters. The number of fused-ring (bicyclic) bond motifs is 1. The highest BCUT2D eigenvalue weighted by molar-refractivity contribution is 6.30. The van der Waals surface area contributed by atoms with E-state index in [0.29, 0.717) is 22.7 Å². The molecule has 0 aliphatic carbocycles. The lowest BCUT2D eigenvalue weighted by Gasteiger charge is -2.12. The molecular weight excluding hydrogens is 290 g/mol. The number of carboxylic acids is 1. The monoisotopic (exact) mass is 301 g/mol. The van der Waals surface area contributed by atoms with Crippen molar-refractivity contribution < 1.29 is 14.3 Å². The van der Waals surface area contributed by atoms with E-state index in [1.165, 1.54) is 6.26 Å². The summed E-state index contributed by atoms with van der Waals surface area (Å²) in [6.45, 7) is 0. The molecule has 2 heterocycles. The molecule has 0 aliphatic heterocycles. The van der Waals surface area contributed by atoms with Crippen molar-refractivity contribution in [3.05, 3.63) is 65.1 Å². The van der Waals surface area contributed by atoms with E-state index in [1.807, 2.05) is 12.1 Å². The second kappa shape index (κ2) is 5.58. The molecule has 2 aromatic heterocycles. The first-order valence-corrected chi connectivity index (χ1v) is 6.82. The fourth-order valence-electron chi connectivity index (χ4n) is 2.35. The quantitative estimate of drug-likeness (QED) is 0.794. The highest BCUT2D eigenvalue weighted by Crippen LogP contribution is 2.27. The summed E-state index contributed by atoms with van der Waals surface area (Å²) in [7, 11) is 0. The number of halogens is 1. The average molecular weight is 302 g/mol. The van der Waals surface area contributed by atoms with Crippen molar-refractivity contribution >= 4 is 28.5 Å². The molecule has 106 valence electrons.